The number of amides is 3. The number of rotatable bonds is 5. The van der Waals surface area contributed by atoms with E-state index >= 15 is 0 Å². The van der Waals surface area contributed by atoms with Gasteiger partial charge in [-0.15, -0.1) is 0 Å². The average Bonchev–Trinajstić information content (AvgIpc) is 3.05. The Morgan fingerprint density at radius 3 is 2.55 bits per heavy atom. The minimum Gasteiger partial charge on any atom is -0.452 e. The Bertz CT molecular complexity index is 1010. The first-order valence-electron chi connectivity index (χ1n) is 8.65. The van der Waals surface area contributed by atoms with E-state index in [9.17, 15) is 19.2 Å². The Morgan fingerprint density at radius 1 is 1.17 bits per heavy atom. The van der Waals surface area contributed by atoms with Gasteiger partial charge in [-0.25, -0.2) is 4.79 Å². The second-order valence-corrected chi connectivity index (χ2v) is 7.56. The number of nitrogens with one attached hydrogen (secondary N) is 1. The molecule has 2 aromatic carbocycles. The van der Waals surface area contributed by atoms with E-state index in [1.165, 1.54) is 18.2 Å². The van der Waals surface area contributed by atoms with Crippen LogP contribution in [0, 0.1) is 6.92 Å². The molecule has 0 aliphatic carbocycles. The summed E-state index contributed by atoms with van der Waals surface area (Å²) >= 11 is 9.43. The van der Waals surface area contributed by atoms with E-state index in [0.717, 1.165) is 4.90 Å². The number of nitrogens with zero attached hydrogens (tertiary/aromatic N) is 1. The van der Waals surface area contributed by atoms with E-state index in [1.54, 1.807) is 25.1 Å². The summed E-state index contributed by atoms with van der Waals surface area (Å²) in [7, 11) is 0. The first-order valence-corrected chi connectivity index (χ1v) is 9.82. The molecule has 7 nitrogen and oxygen atoms in total. The summed E-state index contributed by atoms with van der Waals surface area (Å²) in [4.78, 5) is 49.1. The van der Waals surface area contributed by atoms with Crippen LogP contribution in [0.15, 0.2) is 40.9 Å². The van der Waals surface area contributed by atoms with Crippen LogP contribution >= 0.6 is 27.5 Å². The van der Waals surface area contributed by atoms with Crippen molar-refractivity contribution < 1.29 is 23.9 Å². The molecular weight excluding hydrogens is 464 g/mol. The Hall–Kier alpha value is -2.71. The molecule has 1 fully saturated rings. The molecule has 1 N–H and O–H groups in total. The molecule has 1 saturated heterocycles. The van der Waals surface area contributed by atoms with Gasteiger partial charge in [-0.1, -0.05) is 17.7 Å². The van der Waals surface area contributed by atoms with Gasteiger partial charge in [0.1, 0.15) is 0 Å². The van der Waals surface area contributed by atoms with Crippen molar-refractivity contribution in [2.24, 2.45) is 0 Å². The fraction of sp³-hybridized carbons (Fsp3) is 0.200. The van der Waals surface area contributed by atoms with Gasteiger partial charge in [-0.3, -0.25) is 19.3 Å². The van der Waals surface area contributed by atoms with Gasteiger partial charge in [0.05, 0.1) is 16.3 Å². The topological polar surface area (TPSA) is 92.8 Å². The van der Waals surface area contributed by atoms with Crippen molar-refractivity contribution in [3.8, 4) is 0 Å². The summed E-state index contributed by atoms with van der Waals surface area (Å²) < 4.78 is 5.75. The Labute approximate surface area is 180 Å². The molecular formula is C20H16BrClN2O5. The second-order valence-electron chi connectivity index (χ2n) is 6.33. The molecule has 0 atom stereocenters. The molecule has 0 bridgehead atoms. The van der Waals surface area contributed by atoms with Crippen molar-refractivity contribution in [3.05, 3.63) is 57.0 Å². The van der Waals surface area contributed by atoms with Crippen molar-refractivity contribution in [2.75, 3.05) is 16.8 Å². The van der Waals surface area contributed by atoms with Gasteiger partial charge in [0.2, 0.25) is 11.8 Å². The average molecular weight is 480 g/mol. The second kappa shape index (κ2) is 8.75. The summed E-state index contributed by atoms with van der Waals surface area (Å²) in [6.45, 7) is 1.25. The van der Waals surface area contributed by atoms with Crippen molar-refractivity contribution in [3.63, 3.8) is 0 Å². The molecule has 29 heavy (non-hydrogen) atoms. The summed E-state index contributed by atoms with van der Waals surface area (Å²) in [6, 6.07) is 9.35. The predicted octanol–water partition coefficient (Wildman–Crippen LogP) is 3.86. The fourth-order valence-corrected chi connectivity index (χ4v) is 3.42. The third-order valence-corrected chi connectivity index (χ3v) is 5.72. The van der Waals surface area contributed by atoms with Crippen molar-refractivity contribution in [1.82, 2.24) is 0 Å². The number of carbonyl (C=O) groups excluding carboxylic acids is 4. The number of hydrogen-bond acceptors (Lipinski definition) is 5. The number of carbonyl (C=O) groups is 4. The number of anilines is 2. The number of imide groups is 1. The molecule has 0 saturated carbocycles. The molecule has 0 radical (unpaired) electrons. The molecule has 1 heterocycles. The molecule has 3 rings (SSSR count). The molecule has 0 unspecified atom stereocenters. The van der Waals surface area contributed by atoms with Gasteiger partial charge in [-0.05, 0) is 58.7 Å². The monoisotopic (exact) mass is 478 g/mol. The maximum atomic E-state index is 12.3. The zero-order chi connectivity index (χ0) is 21.1. The third-order valence-electron chi connectivity index (χ3n) is 4.34. The molecule has 9 heteroatoms. The third kappa shape index (κ3) is 4.65. The Kier molecular flexibility index (Phi) is 6.34. The first-order chi connectivity index (χ1) is 13.8. The van der Waals surface area contributed by atoms with Gasteiger partial charge >= 0.3 is 5.97 Å². The Morgan fingerprint density at radius 2 is 1.86 bits per heavy atom. The van der Waals surface area contributed by atoms with Crippen molar-refractivity contribution in [2.45, 2.75) is 19.8 Å². The lowest BCUT2D eigenvalue weighted by molar-refractivity contribution is -0.121. The lowest BCUT2D eigenvalue weighted by atomic mass is 10.2. The normalized spacial score (nSPS) is 13.6. The largest absolute Gasteiger partial charge is 0.452 e. The van der Waals surface area contributed by atoms with Gasteiger partial charge in [0.25, 0.3) is 5.91 Å². The Balaban J connectivity index is 1.63. The van der Waals surface area contributed by atoms with E-state index in [0.29, 0.717) is 26.4 Å². The summed E-state index contributed by atoms with van der Waals surface area (Å²) in [5.41, 5.74) is 1.61. The highest BCUT2D eigenvalue weighted by Crippen LogP contribution is 2.31. The van der Waals surface area contributed by atoms with Crippen LogP contribution in [0.5, 0.6) is 0 Å². The molecule has 150 valence electrons. The van der Waals surface area contributed by atoms with Crippen molar-refractivity contribution >= 4 is 62.6 Å². The van der Waals surface area contributed by atoms with Crippen LogP contribution in [-0.2, 0) is 19.1 Å². The van der Waals surface area contributed by atoms with Crippen LogP contribution in [-0.4, -0.2) is 30.3 Å². The van der Waals surface area contributed by atoms with E-state index in [2.05, 4.69) is 21.2 Å². The maximum absolute atomic E-state index is 12.3. The summed E-state index contributed by atoms with van der Waals surface area (Å²) in [6.07, 6.45) is 0.292. The number of benzene rings is 2. The van der Waals surface area contributed by atoms with Crippen LogP contribution in [0.2, 0.25) is 5.02 Å². The van der Waals surface area contributed by atoms with E-state index in [1.807, 2.05) is 0 Å². The van der Waals surface area contributed by atoms with Crippen LogP contribution in [0.3, 0.4) is 0 Å². The first kappa shape index (κ1) is 21.0. The minimum absolute atomic E-state index is 0.130. The van der Waals surface area contributed by atoms with Gasteiger partial charge in [-0.2, -0.15) is 0 Å². The summed E-state index contributed by atoms with van der Waals surface area (Å²) in [5.74, 6) is -1.90. The highest BCUT2D eigenvalue weighted by atomic mass is 79.9. The van der Waals surface area contributed by atoms with E-state index in [-0.39, 0.29) is 30.2 Å². The highest BCUT2D eigenvalue weighted by molar-refractivity contribution is 9.10. The minimum atomic E-state index is -0.744. The van der Waals surface area contributed by atoms with Crippen molar-refractivity contribution in [1.29, 1.82) is 0 Å². The lowest BCUT2D eigenvalue weighted by Crippen LogP contribution is -2.28. The van der Waals surface area contributed by atoms with Crippen LogP contribution in [0.25, 0.3) is 0 Å². The predicted molar refractivity (Wildman–Crippen MR) is 111 cm³/mol. The highest BCUT2D eigenvalue weighted by Gasteiger charge is 2.30. The number of esters is 1. The number of hydrogen-bond donors (Lipinski definition) is 1. The van der Waals surface area contributed by atoms with Crippen LogP contribution < -0.4 is 10.2 Å². The smallest absolute Gasteiger partial charge is 0.338 e. The molecule has 0 aromatic heterocycles. The van der Waals surface area contributed by atoms with Gasteiger partial charge in [0, 0.05) is 23.0 Å². The maximum Gasteiger partial charge on any atom is 0.338 e. The van der Waals surface area contributed by atoms with Gasteiger partial charge < -0.3 is 10.1 Å². The molecule has 3 amide bonds. The van der Waals surface area contributed by atoms with E-state index < -0.39 is 18.5 Å². The molecule has 2 aromatic rings. The number of halogens is 2. The standard InChI is InChI=1S/C20H16BrClN2O5/c1-11-15(6-5-14(21)19(11)22)23-16(25)10-29-20(28)12-3-2-4-13(9-12)24-17(26)7-8-18(24)27/h2-6,9H,7-8,10H2,1H3,(H,23,25). The summed E-state index contributed by atoms with van der Waals surface area (Å²) in [5, 5.41) is 3.11. The van der Waals surface area contributed by atoms with Crippen LogP contribution in [0.4, 0.5) is 11.4 Å². The lowest BCUT2D eigenvalue weighted by Gasteiger charge is -2.14. The fourth-order valence-electron chi connectivity index (χ4n) is 2.82. The zero-order valence-electron chi connectivity index (χ0n) is 15.3. The quantitative estimate of drug-likeness (QED) is 0.519. The molecule has 1 aliphatic heterocycles. The molecule has 1 aliphatic rings. The zero-order valence-corrected chi connectivity index (χ0v) is 17.7. The van der Waals surface area contributed by atoms with Gasteiger partial charge in [0.15, 0.2) is 6.61 Å². The van der Waals surface area contributed by atoms with E-state index in [4.69, 9.17) is 16.3 Å². The SMILES string of the molecule is Cc1c(NC(=O)COC(=O)c2cccc(N3C(=O)CCC3=O)c2)ccc(Br)c1Cl. The molecule has 0 spiro atoms. The van der Waals surface area contributed by atoms with Crippen LogP contribution in [0.1, 0.15) is 28.8 Å². The number of ether oxygens (including phenoxy) is 1.